The molecule has 2 heterocycles. The van der Waals surface area contributed by atoms with Gasteiger partial charge in [-0.15, -0.1) is 11.8 Å². The lowest BCUT2D eigenvalue weighted by Crippen LogP contribution is -2.15. The second-order valence-electron chi connectivity index (χ2n) is 6.57. The van der Waals surface area contributed by atoms with E-state index in [0.717, 1.165) is 23.2 Å². The molecule has 0 radical (unpaired) electrons. The van der Waals surface area contributed by atoms with Crippen LogP contribution in [0.3, 0.4) is 0 Å². The van der Waals surface area contributed by atoms with Gasteiger partial charge in [-0.2, -0.15) is 5.10 Å². The number of thioether (sulfide) groups is 1. The minimum absolute atomic E-state index is 0.0130. The number of hydrogen-bond donors (Lipinski definition) is 1. The Balaban J connectivity index is 1.84. The van der Waals surface area contributed by atoms with Crippen LogP contribution in [0, 0.1) is 12.7 Å². The second kappa shape index (κ2) is 7.19. The molecule has 3 aromatic rings. The van der Waals surface area contributed by atoms with Gasteiger partial charge in [0.25, 0.3) is 0 Å². The van der Waals surface area contributed by atoms with E-state index in [2.05, 4.69) is 41.6 Å². The van der Waals surface area contributed by atoms with Gasteiger partial charge in [0.15, 0.2) is 0 Å². The van der Waals surface area contributed by atoms with Crippen LogP contribution in [0.4, 0.5) is 10.2 Å². The number of anilines is 1. The van der Waals surface area contributed by atoms with Crippen molar-refractivity contribution in [2.45, 2.75) is 25.5 Å². The number of fused-ring (bicyclic) bond motifs is 1. The minimum atomic E-state index is -0.304. The van der Waals surface area contributed by atoms with Gasteiger partial charge in [-0.05, 0) is 48.7 Å². The van der Waals surface area contributed by atoms with Gasteiger partial charge in [0, 0.05) is 5.56 Å². The number of carbonyl (C=O) groups excluding carboxylic acids is 1. The molecule has 0 spiro atoms. The van der Waals surface area contributed by atoms with Crippen LogP contribution >= 0.6 is 11.8 Å². The first-order valence-corrected chi connectivity index (χ1v) is 9.97. The molecule has 1 aliphatic heterocycles. The molecule has 1 amide bonds. The van der Waals surface area contributed by atoms with Crippen LogP contribution in [0.2, 0.25) is 0 Å². The van der Waals surface area contributed by atoms with Crippen molar-refractivity contribution in [2.24, 2.45) is 0 Å². The normalized spacial score (nSPS) is 16.6. The Hall–Kier alpha value is -2.60. The van der Waals surface area contributed by atoms with E-state index in [1.807, 2.05) is 6.92 Å². The summed E-state index contributed by atoms with van der Waals surface area (Å²) in [5.74, 6) is 0.677. The zero-order valence-electron chi connectivity index (χ0n) is 15.2. The van der Waals surface area contributed by atoms with Crippen LogP contribution in [0.25, 0.3) is 5.69 Å². The molecule has 2 aromatic carbocycles. The predicted octanol–water partition coefficient (Wildman–Crippen LogP) is 4.66. The van der Waals surface area contributed by atoms with Crippen LogP contribution in [-0.4, -0.2) is 21.4 Å². The molecule has 1 aliphatic rings. The average Bonchev–Trinajstić information content (AvgIpc) is 2.88. The van der Waals surface area contributed by atoms with Crippen molar-refractivity contribution in [3.8, 4) is 5.69 Å². The highest BCUT2D eigenvalue weighted by atomic mass is 32.2. The molecular formula is C21H20FN3OS. The molecule has 1 aromatic heterocycles. The van der Waals surface area contributed by atoms with Crippen molar-refractivity contribution in [1.29, 1.82) is 0 Å². The summed E-state index contributed by atoms with van der Waals surface area (Å²) in [6.07, 6.45) is 0.991. The third-order valence-electron chi connectivity index (χ3n) is 4.77. The van der Waals surface area contributed by atoms with Gasteiger partial charge in [0.2, 0.25) is 5.91 Å². The van der Waals surface area contributed by atoms with Gasteiger partial charge in [-0.1, -0.05) is 31.2 Å². The first-order chi connectivity index (χ1) is 13.1. The van der Waals surface area contributed by atoms with E-state index in [9.17, 15) is 9.18 Å². The zero-order valence-corrected chi connectivity index (χ0v) is 16.0. The maximum atomic E-state index is 13.3. The Kier molecular flexibility index (Phi) is 4.74. The molecule has 4 nitrogen and oxygen atoms in total. The van der Waals surface area contributed by atoms with Gasteiger partial charge in [0.1, 0.15) is 11.6 Å². The third-order valence-corrected chi connectivity index (χ3v) is 6.04. The first kappa shape index (κ1) is 17.8. The van der Waals surface area contributed by atoms with E-state index < -0.39 is 0 Å². The van der Waals surface area contributed by atoms with Gasteiger partial charge in [-0.3, -0.25) is 4.79 Å². The Bertz CT molecular complexity index is 980. The summed E-state index contributed by atoms with van der Waals surface area (Å²) in [6.45, 7) is 4.08. The third kappa shape index (κ3) is 3.37. The van der Waals surface area contributed by atoms with Crippen molar-refractivity contribution in [1.82, 2.24) is 9.78 Å². The maximum absolute atomic E-state index is 13.3. The number of halogens is 1. The van der Waals surface area contributed by atoms with Gasteiger partial charge in [0.05, 0.1) is 22.4 Å². The summed E-state index contributed by atoms with van der Waals surface area (Å²) in [5, 5.41) is 7.65. The molecule has 138 valence electrons. The quantitative estimate of drug-likeness (QED) is 0.718. The Morgan fingerprint density at radius 2 is 1.89 bits per heavy atom. The standard InChI is InChI=1S/C21H20FN3OS/c1-3-14-4-6-15(7-5-14)20-19-13(2)24-25(17-10-8-16(22)9-11-17)21(19)23-18(26)12-27-20/h4-11,20H,3,12H2,1-2H3,(H,23,26)/t20-/m0/s1. The Morgan fingerprint density at radius 3 is 2.56 bits per heavy atom. The van der Waals surface area contributed by atoms with E-state index >= 15 is 0 Å². The molecule has 0 unspecified atom stereocenters. The van der Waals surface area contributed by atoms with E-state index in [4.69, 9.17) is 0 Å². The highest BCUT2D eigenvalue weighted by Crippen LogP contribution is 2.43. The molecule has 1 N–H and O–H groups in total. The number of rotatable bonds is 3. The number of benzene rings is 2. The predicted molar refractivity (Wildman–Crippen MR) is 107 cm³/mol. The SMILES string of the molecule is CCc1ccc([C@@H]2SCC(=O)Nc3c2c(C)nn3-c2ccc(F)cc2)cc1. The van der Waals surface area contributed by atoms with Crippen LogP contribution in [0.15, 0.2) is 48.5 Å². The largest absolute Gasteiger partial charge is 0.310 e. The smallest absolute Gasteiger partial charge is 0.235 e. The van der Waals surface area contributed by atoms with E-state index in [-0.39, 0.29) is 17.0 Å². The summed E-state index contributed by atoms with van der Waals surface area (Å²) in [4.78, 5) is 12.3. The van der Waals surface area contributed by atoms with Crippen molar-refractivity contribution in [2.75, 3.05) is 11.1 Å². The molecule has 0 saturated carbocycles. The Labute approximate surface area is 161 Å². The zero-order chi connectivity index (χ0) is 19.0. The maximum Gasteiger partial charge on any atom is 0.235 e. The summed E-state index contributed by atoms with van der Waals surface area (Å²) >= 11 is 1.60. The summed E-state index contributed by atoms with van der Waals surface area (Å²) < 4.78 is 15.0. The van der Waals surface area contributed by atoms with Gasteiger partial charge >= 0.3 is 0 Å². The second-order valence-corrected chi connectivity index (χ2v) is 7.66. The molecule has 4 rings (SSSR count). The summed E-state index contributed by atoms with van der Waals surface area (Å²) in [5.41, 5.74) is 5.00. The fourth-order valence-corrected chi connectivity index (χ4v) is 4.53. The minimum Gasteiger partial charge on any atom is -0.310 e. The van der Waals surface area contributed by atoms with Crippen LogP contribution in [0.5, 0.6) is 0 Å². The molecule has 0 saturated heterocycles. The lowest BCUT2D eigenvalue weighted by Gasteiger charge is -2.16. The Morgan fingerprint density at radius 1 is 1.19 bits per heavy atom. The summed E-state index contributed by atoms with van der Waals surface area (Å²) in [7, 11) is 0. The number of nitrogens with one attached hydrogen (secondary N) is 1. The van der Waals surface area contributed by atoms with E-state index in [1.54, 1.807) is 28.6 Å². The molecule has 27 heavy (non-hydrogen) atoms. The average molecular weight is 381 g/mol. The molecule has 1 atom stereocenters. The number of aromatic nitrogens is 2. The van der Waals surface area contributed by atoms with Crippen molar-refractivity contribution in [3.05, 3.63) is 76.7 Å². The number of nitrogens with zero attached hydrogens (tertiary/aromatic N) is 2. The number of carbonyl (C=O) groups is 1. The monoisotopic (exact) mass is 381 g/mol. The van der Waals surface area contributed by atoms with Crippen LogP contribution in [-0.2, 0) is 11.2 Å². The van der Waals surface area contributed by atoms with Crippen molar-refractivity contribution in [3.63, 3.8) is 0 Å². The van der Waals surface area contributed by atoms with Gasteiger partial charge in [-0.25, -0.2) is 9.07 Å². The number of hydrogen-bond acceptors (Lipinski definition) is 3. The lowest BCUT2D eigenvalue weighted by molar-refractivity contribution is -0.113. The van der Waals surface area contributed by atoms with Crippen molar-refractivity contribution >= 4 is 23.5 Å². The fourth-order valence-electron chi connectivity index (χ4n) is 3.34. The topological polar surface area (TPSA) is 46.9 Å². The highest BCUT2D eigenvalue weighted by Gasteiger charge is 2.30. The first-order valence-electron chi connectivity index (χ1n) is 8.92. The summed E-state index contributed by atoms with van der Waals surface area (Å²) in [6, 6.07) is 14.6. The molecule has 0 bridgehead atoms. The van der Waals surface area contributed by atoms with Crippen molar-refractivity contribution < 1.29 is 9.18 Å². The number of aryl methyl sites for hydroxylation is 2. The van der Waals surface area contributed by atoms with Crippen LogP contribution in [0.1, 0.15) is 34.6 Å². The van der Waals surface area contributed by atoms with E-state index in [0.29, 0.717) is 17.3 Å². The number of amides is 1. The fraction of sp³-hybridized carbons (Fsp3) is 0.238. The van der Waals surface area contributed by atoms with Crippen LogP contribution < -0.4 is 5.32 Å². The highest BCUT2D eigenvalue weighted by molar-refractivity contribution is 8.00. The molecular weight excluding hydrogens is 361 g/mol. The molecule has 0 aliphatic carbocycles. The van der Waals surface area contributed by atoms with Gasteiger partial charge < -0.3 is 5.32 Å². The molecule has 0 fully saturated rings. The lowest BCUT2D eigenvalue weighted by atomic mass is 10.0. The van der Waals surface area contributed by atoms with E-state index in [1.165, 1.54) is 17.7 Å². The molecule has 6 heteroatoms.